The molecule has 12 nitrogen and oxygen atoms in total. The van der Waals surface area contributed by atoms with Crippen LogP contribution in [-0.4, -0.2) is 57.1 Å². The second-order valence-corrected chi connectivity index (χ2v) is 9.59. The average Bonchev–Trinajstić information content (AvgIpc) is 3.33. The lowest BCUT2D eigenvalue weighted by Gasteiger charge is -2.14. The first-order valence-corrected chi connectivity index (χ1v) is 12.1. The third kappa shape index (κ3) is 4.48. The number of anilines is 1. The molecule has 0 radical (unpaired) electrons. The fourth-order valence-electron chi connectivity index (χ4n) is 3.62. The zero-order chi connectivity index (χ0) is 23.2. The highest BCUT2D eigenvalue weighted by Crippen LogP contribution is 2.38. The summed E-state index contributed by atoms with van der Waals surface area (Å²) in [5.41, 5.74) is 7.39. The summed E-state index contributed by atoms with van der Waals surface area (Å²) in [5.74, 6) is 0.238. The van der Waals surface area contributed by atoms with Gasteiger partial charge in [-0.05, 0) is 23.9 Å². The number of para-hydroxylation sites is 1. The molecular weight excluding hydrogens is 470 g/mol. The van der Waals surface area contributed by atoms with Crippen LogP contribution in [0.5, 0.6) is 0 Å². The number of pyridine rings is 1. The number of benzene rings is 1. The lowest BCUT2D eigenvalue weighted by Crippen LogP contribution is -2.30. The molecule has 0 aliphatic carbocycles. The lowest BCUT2D eigenvalue weighted by atomic mass is 10.2. The SMILES string of the molecule is Nc1ncnc2c1c(Sc1ccc3ccccc3n1)nn2[C@H]1C[C@H](O)[C@@H](COS(N)(=O)=O)O1. The van der Waals surface area contributed by atoms with Crippen molar-refractivity contribution in [3.63, 3.8) is 0 Å². The van der Waals surface area contributed by atoms with Gasteiger partial charge in [0.25, 0.3) is 0 Å². The Labute approximate surface area is 192 Å². The molecule has 1 aromatic carbocycles. The summed E-state index contributed by atoms with van der Waals surface area (Å²) in [6.07, 6.45) is -1.19. The molecule has 5 N–H and O–H groups in total. The third-order valence-corrected chi connectivity index (χ3v) is 6.51. The summed E-state index contributed by atoms with van der Waals surface area (Å²) in [6, 6.07) is 11.6. The van der Waals surface area contributed by atoms with Gasteiger partial charge in [-0.2, -0.15) is 13.5 Å². The smallest absolute Gasteiger partial charge is 0.333 e. The Morgan fingerprint density at radius 1 is 1.24 bits per heavy atom. The predicted octanol–water partition coefficient (Wildman–Crippen LogP) is 0.976. The zero-order valence-corrected chi connectivity index (χ0v) is 18.6. The Bertz CT molecular complexity index is 1450. The maximum atomic E-state index is 11.1. The van der Waals surface area contributed by atoms with Crippen molar-refractivity contribution in [1.29, 1.82) is 0 Å². The summed E-state index contributed by atoms with van der Waals surface area (Å²) in [5, 5.41) is 22.6. The fourth-order valence-corrected chi connectivity index (χ4v) is 4.84. The highest BCUT2D eigenvalue weighted by atomic mass is 32.2. The Morgan fingerprint density at radius 2 is 2.06 bits per heavy atom. The summed E-state index contributed by atoms with van der Waals surface area (Å²) in [7, 11) is -4.16. The number of aliphatic hydroxyl groups excluding tert-OH is 1. The standard InChI is InChI=1S/C19H19N7O5S2/c20-17-16-18(23-9-22-17)26(15-7-12(27)13(31-15)8-30-33(21,28)29)25-19(16)32-14-6-5-10-3-1-2-4-11(10)24-14/h1-6,9,12-13,15,27H,7-8H2,(H2,20,22,23)(H2,21,28,29)/t12-,13+,15+/m0/s1. The van der Waals surface area contributed by atoms with E-state index in [-0.39, 0.29) is 12.2 Å². The summed E-state index contributed by atoms with van der Waals surface area (Å²) in [4.78, 5) is 13.0. The number of ether oxygens (including phenoxy) is 1. The highest BCUT2D eigenvalue weighted by molar-refractivity contribution is 7.99. The number of aromatic nitrogens is 5. The molecule has 4 heterocycles. The molecule has 5 rings (SSSR count). The molecule has 3 atom stereocenters. The largest absolute Gasteiger partial charge is 0.390 e. The van der Waals surface area contributed by atoms with E-state index in [1.807, 2.05) is 36.4 Å². The van der Waals surface area contributed by atoms with Crippen LogP contribution in [0.15, 0.2) is 52.8 Å². The van der Waals surface area contributed by atoms with Crippen LogP contribution < -0.4 is 10.9 Å². The molecule has 3 aromatic heterocycles. The van der Waals surface area contributed by atoms with E-state index in [0.717, 1.165) is 10.9 Å². The van der Waals surface area contributed by atoms with Crippen molar-refractivity contribution in [2.24, 2.45) is 5.14 Å². The number of nitrogens with two attached hydrogens (primary N) is 2. The third-order valence-electron chi connectivity index (χ3n) is 5.13. The van der Waals surface area contributed by atoms with E-state index >= 15 is 0 Å². The molecule has 0 bridgehead atoms. The van der Waals surface area contributed by atoms with E-state index in [1.165, 1.54) is 22.8 Å². The van der Waals surface area contributed by atoms with Crippen molar-refractivity contribution in [2.45, 2.75) is 34.9 Å². The predicted molar refractivity (Wildman–Crippen MR) is 119 cm³/mol. The minimum atomic E-state index is -4.16. The van der Waals surface area contributed by atoms with Crippen LogP contribution in [0.3, 0.4) is 0 Å². The maximum Gasteiger partial charge on any atom is 0.333 e. The van der Waals surface area contributed by atoms with Crippen molar-refractivity contribution < 1.29 is 22.4 Å². The molecule has 33 heavy (non-hydrogen) atoms. The van der Waals surface area contributed by atoms with Gasteiger partial charge in [0.2, 0.25) is 0 Å². The molecule has 1 aliphatic rings. The molecule has 0 spiro atoms. The molecule has 4 aromatic rings. The van der Waals surface area contributed by atoms with Crippen LogP contribution in [0.2, 0.25) is 0 Å². The summed E-state index contributed by atoms with van der Waals surface area (Å²) < 4.78 is 34.0. The first-order chi connectivity index (χ1) is 15.8. The molecule has 1 saturated heterocycles. The molecule has 14 heteroatoms. The summed E-state index contributed by atoms with van der Waals surface area (Å²) in [6.45, 7) is -0.421. The number of nitrogen functional groups attached to an aromatic ring is 1. The van der Waals surface area contributed by atoms with Crippen LogP contribution in [0.1, 0.15) is 12.6 Å². The molecule has 0 unspecified atom stereocenters. The molecule has 0 saturated carbocycles. The topological polar surface area (TPSA) is 181 Å². The molecule has 1 fully saturated rings. The first-order valence-electron chi connectivity index (χ1n) is 9.81. The van der Waals surface area contributed by atoms with Crippen molar-refractivity contribution in [3.05, 3.63) is 42.7 Å². The van der Waals surface area contributed by atoms with Gasteiger partial charge in [0.15, 0.2) is 11.9 Å². The van der Waals surface area contributed by atoms with Crippen molar-refractivity contribution in [3.8, 4) is 0 Å². The van der Waals surface area contributed by atoms with E-state index < -0.39 is 35.3 Å². The second kappa shape index (κ2) is 8.48. The van der Waals surface area contributed by atoms with Gasteiger partial charge in [0, 0.05) is 11.8 Å². The maximum absolute atomic E-state index is 11.1. The number of fused-ring (bicyclic) bond motifs is 2. The van der Waals surface area contributed by atoms with E-state index in [4.69, 9.17) is 15.6 Å². The van der Waals surface area contributed by atoms with Gasteiger partial charge >= 0.3 is 10.3 Å². The average molecular weight is 490 g/mol. The van der Waals surface area contributed by atoms with Crippen LogP contribution in [0, 0.1) is 0 Å². The second-order valence-electron chi connectivity index (χ2n) is 7.36. The van der Waals surface area contributed by atoms with Crippen molar-refractivity contribution >= 4 is 49.8 Å². The number of rotatable bonds is 6. The molecule has 172 valence electrons. The van der Waals surface area contributed by atoms with Gasteiger partial charge in [-0.15, -0.1) is 0 Å². The lowest BCUT2D eigenvalue weighted by molar-refractivity contribution is -0.0415. The van der Waals surface area contributed by atoms with Crippen LogP contribution in [0.25, 0.3) is 21.9 Å². The van der Waals surface area contributed by atoms with Crippen molar-refractivity contribution in [2.75, 3.05) is 12.3 Å². The number of nitrogens with zero attached hydrogens (tertiary/aromatic N) is 5. The minimum absolute atomic E-state index is 0.137. The molecule has 1 aliphatic heterocycles. The zero-order valence-electron chi connectivity index (χ0n) is 17.0. The highest BCUT2D eigenvalue weighted by Gasteiger charge is 2.38. The first kappa shape index (κ1) is 21.9. The number of hydrogen-bond acceptors (Lipinski definition) is 11. The van der Waals surface area contributed by atoms with Gasteiger partial charge < -0.3 is 15.6 Å². The fraction of sp³-hybridized carbons (Fsp3) is 0.263. The van der Waals surface area contributed by atoms with Crippen molar-refractivity contribution in [1.82, 2.24) is 24.7 Å². The van der Waals surface area contributed by atoms with Gasteiger partial charge in [-0.25, -0.2) is 24.8 Å². The normalized spacial score (nSPS) is 21.2. The van der Waals surface area contributed by atoms with Crippen LogP contribution in [-0.2, 0) is 19.2 Å². The molecule has 0 amide bonds. The Morgan fingerprint density at radius 3 is 2.88 bits per heavy atom. The van der Waals surface area contributed by atoms with E-state index in [9.17, 15) is 13.5 Å². The van der Waals surface area contributed by atoms with Gasteiger partial charge in [-0.3, -0.25) is 4.18 Å². The van der Waals surface area contributed by atoms with Gasteiger partial charge in [0.05, 0.1) is 23.6 Å². The van der Waals surface area contributed by atoms with Crippen LogP contribution in [0.4, 0.5) is 5.82 Å². The molecular formula is C19H19N7O5S2. The Balaban J connectivity index is 1.47. The van der Waals surface area contributed by atoms with E-state index in [0.29, 0.717) is 21.1 Å². The number of hydrogen-bond donors (Lipinski definition) is 3. The minimum Gasteiger partial charge on any atom is -0.390 e. The number of aliphatic hydroxyl groups is 1. The summed E-state index contributed by atoms with van der Waals surface area (Å²) >= 11 is 1.30. The van der Waals surface area contributed by atoms with Gasteiger partial charge in [-0.1, -0.05) is 24.3 Å². The van der Waals surface area contributed by atoms with Crippen LogP contribution >= 0.6 is 11.8 Å². The Hall–Kier alpha value is -2.88. The van der Waals surface area contributed by atoms with Gasteiger partial charge in [0.1, 0.15) is 28.3 Å². The van der Waals surface area contributed by atoms with E-state index in [1.54, 1.807) is 0 Å². The monoisotopic (exact) mass is 489 g/mol. The Kier molecular flexibility index (Phi) is 5.64. The quantitative estimate of drug-likeness (QED) is 0.351. The van der Waals surface area contributed by atoms with E-state index in [2.05, 4.69) is 24.2 Å².